The fraction of sp³-hybridized carbons (Fsp3) is 0.100. The quantitative estimate of drug-likeness (QED) is 0.565. The Balaban J connectivity index is 1.71. The van der Waals surface area contributed by atoms with Crippen molar-refractivity contribution in [1.82, 2.24) is 15.1 Å². The highest BCUT2D eigenvalue weighted by Gasteiger charge is 2.19. The number of aromatic nitrogens is 3. The van der Waals surface area contributed by atoms with Gasteiger partial charge in [-0.3, -0.25) is 9.78 Å². The van der Waals surface area contributed by atoms with E-state index in [-0.39, 0.29) is 5.69 Å². The van der Waals surface area contributed by atoms with Crippen molar-refractivity contribution >= 4 is 16.9 Å². The van der Waals surface area contributed by atoms with E-state index in [1.165, 1.54) is 0 Å². The molecule has 7 heteroatoms. The molecule has 0 aliphatic rings. The predicted octanol–water partition coefficient (Wildman–Crippen LogP) is 2.63. The van der Waals surface area contributed by atoms with Gasteiger partial charge in [-0.1, -0.05) is 23.4 Å². The number of rotatable bonds is 5. The second kappa shape index (κ2) is 6.97. The molecule has 0 saturated carbocycles. The largest absolute Gasteiger partial charge is 0.364 e. The van der Waals surface area contributed by atoms with E-state index in [0.717, 1.165) is 10.9 Å². The molecule has 0 fully saturated rings. The molecule has 4 aromatic rings. The third-order valence-corrected chi connectivity index (χ3v) is 4.31. The molecular formula is C20H17N5O2. The van der Waals surface area contributed by atoms with Crippen LogP contribution >= 0.6 is 0 Å². The number of nitrogens with two attached hydrogens (primary N) is 2. The average molecular weight is 359 g/mol. The number of benzene rings is 1. The van der Waals surface area contributed by atoms with E-state index in [4.69, 9.17) is 16.0 Å². The number of nitrogens with zero attached hydrogens (tertiary/aromatic N) is 3. The SMILES string of the molecule is NC(=O)c1cccc(C[C@H](N)c2ncccc2-c2noc3ccccc23)n1. The van der Waals surface area contributed by atoms with Crippen LogP contribution in [0.4, 0.5) is 0 Å². The first-order valence-corrected chi connectivity index (χ1v) is 8.44. The molecular weight excluding hydrogens is 342 g/mol. The summed E-state index contributed by atoms with van der Waals surface area (Å²) in [6.07, 6.45) is 2.09. The lowest BCUT2D eigenvalue weighted by molar-refractivity contribution is 0.0995. The molecule has 0 saturated heterocycles. The van der Waals surface area contributed by atoms with E-state index in [9.17, 15) is 4.79 Å². The number of carbonyl (C=O) groups excluding carboxylic acids is 1. The average Bonchev–Trinajstić information content (AvgIpc) is 3.12. The summed E-state index contributed by atoms with van der Waals surface area (Å²) in [5, 5.41) is 5.10. The zero-order valence-electron chi connectivity index (χ0n) is 14.4. The minimum atomic E-state index is -0.571. The maximum atomic E-state index is 11.3. The Morgan fingerprint density at radius 1 is 1.07 bits per heavy atom. The Hall–Kier alpha value is -3.58. The maximum absolute atomic E-state index is 11.3. The molecule has 3 aromatic heterocycles. The van der Waals surface area contributed by atoms with Crippen molar-refractivity contribution in [2.24, 2.45) is 11.5 Å². The van der Waals surface area contributed by atoms with Gasteiger partial charge in [0.05, 0.1) is 11.7 Å². The Morgan fingerprint density at radius 3 is 2.78 bits per heavy atom. The van der Waals surface area contributed by atoms with Crippen molar-refractivity contribution in [2.45, 2.75) is 12.5 Å². The number of primary amides is 1. The van der Waals surface area contributed by atoms with Crippen LogP contribution in [0.2, 0.25) is 0 Å². The van der Waals surface area contributed by atoms with Crippen LogP contribution in [0.15, 0.2) is 65.3 Å². The fourth-order valence-electron chi connectivity index (χ4n) is 3.05. The van der Waals surface area contributed by atoms with Crippen molar-refractivity contribution in [1.29, 1.82) is 0 Å². The topological polar surface area (TPSA) is 121 Å². The number of hydrogen-bond acceptors (Lipinski definition) is 6. The summed E-state index contributed by atoms with van der Waals surface area (Å²) in [5.41, 5.74) is 15.5. The molecule has 0 aliphatic heterocycles. The molecule has 1 atom stereocenters. The van der Waals surface area contributed by atoms with Gasteiger partial charge in [-0.15, -0.1) is 0 Å². The maximum Gasteiger partial charge on any atom is 0.267 e. The van der Waals surface area contributed by atoms with Crippen molar-refractivity contribution < 1.29 is 9.32 Å². The number of pyridine rings is 2. The lowest BCUT2D eigenvalue weighted by Gasteiger charge is -2.14. The molecule has 0 unspecified atom stereocenters. The van der Waals surface area contributed by atoms with Gasteiger partial charge >= 0.3 is 0 Å². The minimum absolute atomic E-state index is 0.212. The molecule has 0 radical (unpaired) electrons. The lowest BCUT2D eigenvalue weighted by atomic mass is 9.99. The fourth-order valence-corrected chi connectivity index (χ4v) is 3.05. The highest BCUT2D eigenvalue weighted by molar-refractivity contribution is 5.92. The monoisotopic (exact) mass is 359 g/mol. The molecule has 7 nitrogen and oxygen atoms in total. The van der Waals surface area contributed by atoms with Gasteiger partial charge in [-0.2, -0.15) is 0 Å². The van der Waals surface area contributed by atoms with Crippen LogP contribution in [-0.2, 0) is 6.42 Å². The van der Waals surface area contributed by atoms with Crippen molar-refractivity contribution in [3.8, 4) is 11.3 Å². The van der Waals surface area contributed by atoms with E-state index in [1.807, 2.05) is 36.4 Å². The standard InChI is InChI=1S/C20H17N5O2/c21-15(11-12-5-3-8-16(24-12)20(22)26)19-14(7-4-10-23-19)18-13-6-1-2-9-17(13)27-25-18/h1-10,15H,11,21H2,(H2,22,26)/t15-/m0/s1. The summed E-state index contributed by atoms with van der Waals surface area (Å²) >= 11 is 0. The summed E-state index contributed by atoms with van der Waals surface area (Å²) in [7, 11) is 0. The lowest BCUT2D eigenvalue weighted by Crippen LogP contribution is -2.18. The van der Waals surface area contributed by atoms with Gasteiger partial charge in [0.2, 0.25) is 0 Å². The number of hydrogen-bond donors (Lipinski definition) is 2. The van der Waals surface area contributed by atoms with E-state index in [2.05, 4.69) is 15.1 Å². The molecule has 0 spiro atoms. The first-order valence-electron chi connectivity index (χ1n) is 8.44. The highest BCUT2D eigenvalue weighted by atomic mass is 16.5. The second-order valence-electron chi connectivity index (χ2n) is 6.15. The molecule has 1 aromatic carbocycles. The molecule has 1 amide bonds. The van der Waals surface area contributed by atoms with Gasteiger partial charge in [0, 0.05) is 29.3 Å². The Kier molecular flexibility index (Phi) is 4.35. The summed E-state index contributed by atoms with van der Waals surface area (Å²) in [5.74, 6) is -0.571. The minimum Gasteiger partial charge on any atom is -0.364 e. The van der Waals surface area contributed by atoms with E-state index >= 15 is 0 Å². The molecule has 4 rings (SSSR count). The third kappa shape index (κ3) is 3.28. The number of amides is 1. The van der Waals surface area contributed by atoms with Gasteiger partial charge in [-0.25, -0.2) is 4.98 Å². The van der Waals surface area contributed by atoms with E-state index < -0.39 is 11.9 Å². The predicted molar refractivity (Wildman–Crippen MR) is 101 cm³/mol. The smallest absolute Gasteiger partial charge is 0.267 e. The zero-order valence-corrected chi connectivity index (χ0v) is 14.4. The van der Waals surface area contributed by atoms with E-state index in [1.54, 1.807) is 24.4 Å². The van der Waals surface area contributed by atoms with Crippen molar-refractivity contribution in [2.75, 3.05) is 0 Å². The molecule has 0 bridgehead atoms. The first kappa shape index (κ1) is 16.9. The molecule has 4 N–H and O–H groups in total. The second-order valence-corrected chi connectivity index (χ2v) is 6.15. The first-order chi connectivity index (χ1) is 13.1. The Morgan fingerprint density at radius 2 is 1.93 bits per heavy atom. The number of fused-ring (bicyclic) bond motifs is 1. The van der Waals surface area contributed by atoms with Crippen LogP contribution in [0.1, 0.15) is 27.9 Å². The zero-order chi connectivity index (χ0) is 18.8. The molecule has 3 heterocycles. The Labute approximate surface area is 155 Å². The number of para-hydroxylation sites is 1. The van der Waals surface area contributed by atoms with Crippen LogP contribution in [0.5, 0.6) is 0 Å². The number of carbonyl (C=O) groups is 1. The normalized spacial score (nSPS) is 12.2. The van der Waals surface area contributed by atoms with Crippen LogP contribution in [-0.4, -0.2) is 21.0 Å². The summed E-state index contributed by atoms with van der Waals surface area (Å²) in [6.45, 7) is 0. The molecule has 27 heavy (non-hydrogen) atoms. The summed E-state index contributed by atoms with van der Waals surface area (Å²) in [4.78, 5) is 20.1. The van der Waals surface area contributed by atoms with Crippen LogP contribution in [0.3, 0.4) is 0 Å². The van der Waals surface area contributed by atoms with Gasteiger partial charge in [-0.05, 0) is 36.4 Å². The molecule has 0 aliphatic carbocycles. The Bertz CT molecular complexity index is 1120. The van der Waals surface area contributed by atoms with Gasteiger partial charge in [0.25, 0.3) is 5.91 Å². The molecule has 134 valence electrons. The van der Waals surface area contributed by atoms with Gasteiger partial charge < -0.3 is 16.0 Å². The van der Waals surface area contributed by atoms with Crippen molar-refractivity contribution in [3.05, 3.63) is 77.9 Å². The summed E-state index contributed by atoms with van der Waals surface area (Å²) < 4.78 is 5.42. The summed E-state index contributed by atoms with van der Waals surface area (Å²) in [6, 6.07) is 16.1. The van der Waals surface area contributed by atoms with Crippen LogP contribution in [0.25, 0.3) is 22.2 Å². The van der Waals surface area contributed by atoms with Crippen LogP contribution < -0.4 is 11.5 Å². The van der Waals surface area contributed by atoms with E-state index in [0.29, 0.717) is 29.1 Å². The van der Waals surface area contributed by atoms with Crippen molar-refractivity contribution in [3.63, 3.8) is 0 Å². The van der Waals surface area contributed by atoms with Crippen LogP contribution in [0, 0.1) is 0 Å². The highest BCUT2D eigenvalue weighted by Crippen LogP contribution is 2.31. The third-order valence-electron chi connectivity index (χ3n) is 4.31. The van der Waals surface area contributed by atoms with Gasteiger partial charge in [0.1, 0.15) is 11.4 Å². The van der Waals surface area contributed by atoms with Gasteiger partial charge in [0.15, 0.2) is 5.58 Å².